The van der Waals surface area contributed by atoms with Crippen molar-refractivity contribution in [2.75, 3.05) is 0 Å². The van der Waals surface area contributed by atoms with E-state index in [1.807, 2.05) is 0 Å². The zero-order valence-electron chi connectivity index (χ0n) is 19.8. The Morgan fingerprint density at radius 1 is 1.20 bits per heavy atom. The lowest BCUT2D eigenvalue weighted by atomic mass is 9.55. The molecule has 3 atom stereocenters. The van der Waals surface area contributed by atoms with E-state index in [4.69, 9.17) is 5.73 Å². The molecule has 30 heavy (non-hydrogen) atoms. The molecule has 0 spiro atoms. The first kappa shape index (κ1) is 21.1. The Bertz CT molecular complexity index is 1070. The van der Waals surface area contributed by atoms with Crippen LogP contribution in [0.15, 0.2) is 59.2 Å². The lowest BCUT2D eigenvalue weighted by Crippen LogP contribution is -2.53. The number of fused-ring (bicyclic) bond motifs is 3. The molecule has 0 aliphatic heterocycles. The second kappa shape index (κ2) is 6.95. The Balaban J connectivity index is 1.93. The second-order valence-corrected chi connectivity index (χ2v) is 10.2. The van der Waals surface area contributed by atoms with E-state index in [9.17, 15) is 0 Å². The van der Waals surface area contributed by atoms with Gasteiger partial charge in [0, 0.05) is 11.5 Å². The summed E-state index contributed by atoms with van der Waals surface area (Å²) >= 11 is 0. The average Bonchev–Trinajstić information content (AvgIpc) is 2.62. The van der Waals surface area contributed by atoms with Gasteiger partial charge < -0.3 is 5.73 Å². The molecule has 3 unspecified atom stereocenters. The van der Waals surface area contributed by atoms with E-state index in [-0.39, 0.29) is 5.54 Å². The first-order valence-electron chi connectivity index (χ1n) is 11.4. The van der Waals surface area contributed by atoms with Crippen LogP contribution in [-0.2, 0) is 12.8 Å². The molecule has 0 fully saturated rings. The SMILES string of the molecule is C=C(C)C1=C(C)CC2CC3(N)Cc4c(C)cc(CC)c(C)c4C(=C)C3=C(C)C2C1=C. The first-order chi connectivity index (χ1) is 14.0. The summed E-state index contributed by atoms with van der Waals surface area (Å²) in [6.07, 6.45) is 4.04. The van der Waals surface area contributed by atoms with Crippen molar-refractivity contribution in [3.8, 4) is 0 Å². The van der Waals surface area contributed by atoms with Gasteiger partial charge in [-0.05, 0) is 116 Å². The van der Waals surface area contributed by atoms with Crippen molar-refractivity contribution in [1.29, 1.82) is 0 Å². The highest BCUT2D eigenvalue weighted by Crippen LogP contribution is 2.56. The number of hydrogen-bond acceptors (Lipinski definition) is 1. The molecule has 0 saturated heterocycles. The van der Waals surface area contributed by atoms with Gasteiger partial charge in [-0.2, -0.15) is 0 Å². The van der Waals surface area contributed by atoms with Crippen molar-refractivity contribution in [3.05, 3.63) is 87.1 Å². The minimum atomic E-state index is -0.332. The molecule has 0 aromatic heterocycles. The van der Waals surface area contributed by atoms with E-state index in [0.29, 0.717) is 11.8 Å². The number of aryl methyl sites for hydroxylation is 2. The highest BCUT2D eigenvalue weighted by molar-refractivity contribution is 5.88. The fraction of sp³-hybridized carbons (Fsp3) is 0.448. The summed E-state index contributed by atoms with van der Waals surface area (Å²) in [5, 5.41) is 0. The van der Waals surface area contributed by atoms with Crippen molar-refractivity contribution in [1.82, 2.24) is 0 Å². The molecule has 1 aromatic carbocycles. The monoisotopic (exact) mass is 399 g/mol. The van der Waals surface area contributed by atoms with Crippen LogP contribution in [0.3, 0.4) is 0 Å². The standard InChI is InChI=1S/C29H37N/c1-10-22-11-16(4)24-14-29(30)13-23-12-17(5)25(15(2)3)19(7)26(23)20(8)28(29)21(9)27(24)18(22)6/h11,23,26H,2,7,9-10,12-14,30H2,1,3-6,8H3. The fourth-order valence-corrected chi connectivity index (χ4v) is 7.07. The fourth-order valence-electron chi connectivity index (χ4n) is 7.07. The van der Waals surface area contributed by atoms with Crippen LogP contribution < -0.4 is 5.73 Å². The van der Waals surface area contributed by atoms with Gasteiger partial charge >= 0.3 is 0 Å². The Labute approximate surface area is 183 Å². The largest absolute Gasteiger partial charge is 0.321 e. The normalized spacial score (nSPS) is 28.4. The summed E-state index contributed by atoms with van der Waals surface area (Å²) in [7, 11) is 0. The molecule has 158 valence electrons. The highest BCUT2D eigenvalue weighted by atomic mass is 14.8. The highest BCUT2D eigenvalue weighted by Gasteiger charge is 2.49. The lowest BCUT2D eigenvalue weighted by Gasteiger charge is -2.51. The number of rotatable bonds is 2. The molecule has 0 saturated carbocycles. The third kappa shape index (κ3) is 2.78. The minimum Gasteiger partial charge on any atom is -0.321 e. The van der Waals surface area contributed by atoms with Gasteiger partial charge in [0.05, 0.1) is 0 Å². The predicted molar refractivity (Wildman–Crippen MR) is 131 cm³/mol. The zero-order valence-corrected chi connectivity index (χ0v) is 19.8. The second-order valence-electron chi connectivity index (χ2n) is 10.2. The maximum Gasteiger partial charge on any atom is 0.0459 e. The molecule has 1 nitrogen and oxygen atoms in total. The van der Waals surface area contributed by atoms with E-state index in [2.05, 4.69) is 67.3 Å². The third-order valence-corrected chi connectivity index (χ3v) is 8.08. The lowest BCUT2D eigenvalue weighted by molar-refractivity contribution is 0.270. The first-order valence-corrected chi connectivity index (χ1v) is 11.4. The third-order valence-electron chi connectivity index (χ3n) is 8.08. The van der Waals surface area contributed by atoms with E-state index < -0.39 is 0 Å². The Kier molecular flexibility index (Phi) is 4.90. The Hall–Kier alpha value is -2.12. The molecular weight excluding hydrogens is 362 g/mol. The van der Waals surface area contributed by atoms with Gasteiger partial charge in [-0.3, -0.25) is 0 Å². The Morgan fingerprint density at radius 3 is 2.47 bits per heavy atom. The molecule has 0 radical (unpaired) electrons. The van der Waals surface area contributed by atoms with Crippen molar-refractivity contribution in [3.63, 3.8) is 0 Å². The van der Waals surface area contributed by atoms with E-state index in [0.717, 1.165) is 36.8 Å². The van der Waals surface area contributed by atoms with Crippen LogP contribution in [0.5, 0.6) is 0 Å². The topological polar surface area (TPSA) is 26.0 Å². The molecule has 1 aromatic rings. The van der Waals surface area contributed by atoms with E-state index >= 15 is 0 Å². The van der Waals surface area contributed by atoms with Crippen LogP contribution in [0.1, 0.15) is 68.4 Å². The molecule has 0 amide bonds. The quantitative estimate of drug-likeness (QED) is 0.573. The molecule has 0 bridgehead atoms. The maximum atomic E-state index is 7.26. The molecule has 3 aliphatic rings. The molecule has 2 N–H and O–H groups in total. The maximum absolute atomic E-state index is 7.26. The number of allylic oxidation sites excluding steroid dienone is 5. The summed E-state index contributed by atoms with van der Waals surface area (Å²) in [5.74, 6) is 0.862. The summed E-state index contributed by atoms with van der Waals surface area (Å²) in [6.45, 7) is 26.9. The van der Waals surface area contributed by atoms with Crippen LogP contribution in [-0.4, -0.2) is 5.54 Å². The summed E-state index contributed by atoms with van der Waals surface area (Å²) < 4.78 is 0. The summed E-state index contributed by atoms with van der Waals surface area (Å²) in [4.78, 5) is 0. The molecular formula is C29H37N. The summed E-state index contributed by atoms with van der Waals surface area (Å²) in [6, 6.07) is 2.37. The molecule has 0 heterocycles. The number of nitrogens with two attached hydrogens (primary N) is 1. The van der Waals surface area contributed by atoms with Crippen LogP contribution in [0, 0.1) is 25.7 Å². The van der Waals surface area contributed by atoms with Crippen LogP contribution in [0.25, 0.3) is 5.57 Å². The van der Waals surface area contributed by atoms with Gasteiger partial charge in [0.25, 0.3) is 0 Å². The van der Waals surface area contributed by atoms with Gasteiger partial charge in [-0.25, -0.2) is 0 Å². The number of hydrogen-bond donors (Lipinski definition) is 1. The molecule has 4 rings (SSSR count). The van der Waals surface area contributed by atoms with Crippen molar-refractivity contribution in [2.45, 2.75) is 72.8 Å². The zero-order chi connectivity index (χ0) is 22.1. The van der Waals surface area contributed by atoms with Crippen LogP contribution in [0.4, 0.5) is 0 Å². The smallest absolute Gasteiger partial charge is 0.0459 e. The number of benzene rings is 1. The molecule has 1 heteroatoms. The van der Waals surface area contributed by atoms with Gasteiger partial charge in [-0.15, -0.1) is 0 Å². The molecule has 3 aliphatic carbocycles. The Morgan fingerprint density at radius 2 is 1.87 bits per heavy atom. The van der Waals surface area contributed by atoms with E-state index in [1.54, 1.807) is 0 Å². The van der Waals surface area contributed by atoms with Crippen LogP contribution >= 0.6 is 0 Å². The van der Waals surface area contributed by atoms with Crippen LogP contribution in [0.2, 0.25) is 0 Å². The summed E-state index contributed by atoms with van der Waals surface area (Å²) in [5.41, 5.74) is 22.8. The minimum absolute atomic E-state index is 0.332. The van der Waals surface area contributed by atoms with Crippen molar-refractivity contribution in [2.24, 2.45) is 17.6 Å². The van der Waals surface area contributed by atoms with Crippen molar-refractivity contribution < 1.29 is 0 Å². The van der Waals surface area contributed by atoms with E-state index in [1.165, 1.54) is 55.7 Å². The van der Waals surface area contributed by atoms with Gasteiger partial charge in [-0.1, -0.05) is 49.4 Å². The average molecular weight is 400 g/mol. The van der Waals surface area contributed by atoms with Gasteiger partial charge in [0.1, 0.15) is 0 Å². The predicted octanol–water partition coefficient (Wildman–Crippen LogP) is 6.94. The van der Waals surface area contributed by atoms with Gasteiger partial charge in [0.2, 0.25) is 0 Å². The van der Waals surface area contributed by atoms with Gasteiger partial charge in [0.15, 0.2) is 0 Å². The van der Waals surface area contributed by atoms with Crippen molar-refractivity contribution >= 4 is 5.57 Å².